The van der Waals surface area contributed by atoms with E-state index in [-0.39, 0.29) is 11.9 Å². The van der Waals surface area contributed by atoms with Gasteiger partial charge in [-0.25, -0.2) is 4.39 Å². The minimum Gasteiger partial charge on any atom is -0.324 e. The van der Waals surface area contributed by atoms with Crippen LogP contribution < -0.4 is 5.73 Å². The van der Waals surface area contributed by atoms with Gasteiger partial charge in [0.1, 0.15) is 5.82 Å². The second-order valence-electron chi connectivity index (χ2n) is 5.63. The van der Waals surface area contributed by atoms with Crippen molar-refractivity contribution in [3.05, 3.63) is 35.6 Å². The van der Waals surface area contributed by atoms with Crippen molar-refractivity contribution in [2.75, 3.05) is 39.3 Å². The van der Waals surface area contributed by atoms with Crippen molar-refractivity contribution in [3.8, 4) is 0 Å². The number of piperazine rings is 1. The predicted octanol–water partition coefficient (Wildman–Crippen LogP) is 2.24. The highest BCUT2D eigenvalue weighted by molar-refractivity contribution is 5.19. The lowest BCUT2D eigenvalue weighted by Gasteiger charge is -2.35. The summed E-state index contributed by atoms with van der Waals surface area (Å²) >= 11 is 0. The highest BCUT2D eigenvalue weighted by atomic mass is 19.1. The third-order valence-electron chi connectivity index (χ3n) is 4.04. The molecule has 0 aliphatic carbocycles. The number of nitrogens with two attached hydrogens (primary N) is 1. The molecule has 3 nitrogen and oxygen atoms in total. The molecule has 0 amide bonds. The van der Waals surface area contributed by atoms with Crippen molar-refractivity contribution in [2.45, 2.75) is 25.8 Å². The molecular weight excluding hydrogens is 253 g/mol. The largest absolute Gasteiger partial charge is 0.324 e. The Morgan fingerprint density at radius 3 is 2.40 bits per heavy atom. The van der Waals surface area contributed by atoms with Crippen molar-refractivity contribution < 1.29 is 4.39 Å². The van der Waals surface area contributed by atoms with Gasteiger partial charge in [0.15, 0.2) is 0 Å². The zero-order valence-corrected chi connectivity index (χ0v) is 12.4. The van der Waals surface area contributed by atoms with Gasteiger partial charge in [-0.1, -0.05) is 19.1 Å². The number of hydrogen-bond donors (Lipinski definition) is 1. The number of halogens is 1. The fraction of sp³-hybridized carbons (Fsp3) is 0.625. The normalized spacial score (nSPS) is 19.1. The number of nitrogens with zero attached hydrogens (tertiary/aromatic N) is 2. The Morgan fingerprint density at radius 1 is 1.15 bits per heavy atom. The zero-order valence-electron chi connectivity index (χ0n) is 12.4. The average molecular weight is 279 g/mol. The second-order valence-corrected chi connectivity index (χ2v) is 5.63. The summed E-state index contributed by atoms with van der Waals surface area (Å²) in [6.45, 7) is 8.98. The topological polar surface area (TPSA) is 32.5 Å². The van der Waals surface area contributed by atoms with Gasteiger partial charge in [-0.2, -0.15) is 0 Å². The summed E-state index contributed by atoms with van der Waals surface area (Å²) in [6, 6.07) is 6.58. The molecule has 1 aliphatic heterocycles. The summed E-state index contributed by atoms with van der Waals surface area (Å²) in [6.07, 6.45) is 2.11. The van der Waals surface area contributed by atoms with Crippen molar-refractivity contribution in [1.82, 2.24) is 9.80 Å². The predicted molar refractivity (Wildman–Crippen MR) is 81.1 cm³/mol. The van der Waals surface area contributed by atoms with E-state index in [0.29, 0.717) is 0 Å². The van der Waals surface area contributed by atoms with Gasteiger partial charge in [0.25, 0.3) is 0 Å². The Morgan fingerprint density at radius 2 is 1.80 bits per heavy atom. The molecule has 1 aliphatic rings. The van der Waals surface area contributed by atoms with Crippen molar-refractivity contribution in [1.29, 1.82) is 0 Å². The van der Waals surface area contributed by atoms with Crippen molar-refractivity contribution in [2.24, 2.45) is 5.73 Å². The summed E-state index contributed by atoms with van der Waals surface area (Å²) in [7, 11) is 0. The van der Waals surface area contributed by atoms with Gasteiger partial charge in [0.05, 0.1) is 0 Å². The van der Waals surface area contributed by atoms with Gasteiger partial charge in [-0.3, -0.25) is 0 Å². The number of rotatable bonds is 6. The highest BCUT2D eigenvalue weighted by Gasteiger charge is 2.17. The Kier molecular flexibility index (Phi) is 5.95. The molecule has 0 aromatic heterocycles. The van der Waals surface area contributed by atoms with Gasteiger partial charge in [0, 0.05) is 38.8 Å². The Bertz CT molecular complexity index is 402. The molecule has 1 saturated heterocycles. The Hall–Kier alpha value is -0.970. The van der Waals surface area contributed by atoms with Gasteiger partial charge >= 0.3 is 0 Å². The van der Waals surface area contributed by atoms with E-state index in [9.17, 15) is 4.39 Å². The summed E-state index contributed by atoms with van der Waals surface area (Å²) in [5.74, 6) is -0.203. The first-order valence-corrected chi connectivity index (χ1v) is 7.65. The molecular formula is C16H26FN3. The van der Waals surface area contributed by atoms with Gasteiger partial charge in [-0.05, 0) is 37.1 Å². The van der Waals surface area contributed by atoms with Crippen LogP contribution >= 0.6 is 0 Å². The summed E-state index contributed by atoms with van der Waals surface area (Å²) < 4.78 is 13.2. The minimum atomic E-state index is -0.203. The first kappa shape index (κ1) is 15.4. The Labute approximate surface area is 121 Å². The van der Waals surface area contributed by atoms with E-state index in [0.717, 1.165) is 44.7 Å². The number of benzene rings is 1. The van der Waals surface area contributed by atoms with Crippen LogP contribution in [0, 0.1) is 5.82 Å². The Balaban J connectivity index is 1.73. The fourth-order valence-electron chi connectivity index (χ4n) is 2.78. The maximum atomic E-state index is 13.2. The molecule has 1 unspecified atom stereocenters. The molecule has 1 atom stereocenters. The van der Waals surface area contributed by atoms with Crippen LogP contribution in [-0.2, 0) is 0 Å². The average Bonchev–Trinajstić information content (AvgIpc) is 2.46. The molecule has 1 fully saturated rings. The molecule has 20 heavy (non-hydrogen) atoms. The van der Waals surface area contributed by atoms with Crippen LogP contribution in [0.3, 0.4) is 0 Å². The second kappa shape index (κ2) is 7.72. The summed E-state index contributed by atoms with van der Waals surface area (Å²) in [5.41, 5.74) is 7.05. The smallest absolute Gasteiger partial charge is 0.123 e. The highest BCUT2D eigenvalue weighted by Crippen LogP contribution is 2.16. The van der Waals surface area contributed by atoms with Crippen LogP contribution in [0.4, 0.5) is 4.39 Å². The van der Waals surface area contributed by atoms with E-state index in [2.05, 4.69) is 16.7 Å². The van der Waals surface area contributed by atoms with Gasteiger partial charge in [0.2, 0.25) is 0 Å². The fourth-order valence-corrected chi connectivity index (χ4v) is 2.78. The molecule has 1 aromatic carbocycles. The maximum Gasteiger partial charge on any atom is 0.123 e. The lowest BCUT2D eigenvalue weighted by atomic mass is 10.0. The van der Waals surface area contributed by atoms with Crippen LogP contribution in [0.1, 0.15) is 31.4 Å². The van der Waals surface area contributed by atoms with Crippen LogP contribution in [0.15, 0.2) is 24.3 Å². The molecule has 1 heterocycles. The van der Waals surface area contributed by atoms with Gasteiger partial charge in [-0.15, -0.1) is 0 Å². The molecule has 1 aromatic rings. The zero-order chi connectivity index (χ0) is 14.4. The van der Waals surface area contributed by atoms with Crippen LogP contribution in [0.2, 0.25) is 0 Å². The molecule has 0 bridgehead atoms. The van der Waals surface area contributed by atoms with E-state index in [1.807, 2.05) is 6.07 Å². The third kappa shape index (κ3) is 4.54. The van der Waals surface area contributed by atoms with Crippen LogP contribution in [0.5, 0.6) is 0 Å². The monoisotopic (exact) mass is 279 g/mol. The molecule has 0 radical (unpaired) electrons. The molecule has 112 valence electrons. The first-order chi connectivity index (χ1) is 9.69. The number of hydrogen-bond acceptors (Lipinski definition) is 3. The van der Waals surface area contributed by atoms with E-state index < -0.39 is 0 Å². The molecule has 0 saturated carbocycles. The van der Waals surface area contributed by atoms with Crippen LogP contribution in [0.25, 0.3) is 0 Å². The third-order valence-corrected chi connectivity index (χ3v) is 4.04. The SMILES string of the molecule is CCCN1CCN(CCC(N)c2cccc(F)c2)CC1. The summed E-state index contributed by atoms with van der Waals surface area (Å²) in [4.78, 5) is 4.98. The van der Waals surface area contributed by atoms with E-state index in [1.165, 1.54) is 19.0 Å². The quantitative estimate of drug-likeness (QED) is 0.867. The lowest BCUT2D eigenvalue weighted by Crippen LogP contribution is -2.47. The maximum absolute atomic E-state index is 13.2. The van der Waals surface area contributed by atoms with E-state index >= 15 is 0 Å². The standard InChI is InChI=1S/C16H26FN3/c1-2-7-19-9-11-20(12-10-19)8-6-16(18)14-4-3-5-15(17)13-14/h3-5,13,16H,2,6-12,18H2,1H3. The molecule has 0 spiro atoms. The lowest BCUT2D eigenvalue weighted by molar-refractivity contribution is 0.130. The minimum absolute atomic E-state index is 0.0700. The first-order valence-electron chi connectivity index (χ1n) is 7.65. The van der Waals surface area contributed by atoms with Crippen molar-refractivity contribution >= 4 is 0 Å². The summed E-state index contributed by atoms with van der Waals surface area (Å²) in [5, 5.41) is 0. The van der Waals surface area contributed by atoms with E-state index in [4.69, 9.17) is 5.73 Å². The molecule has 2 N–H and O–H groups in total. The van der Waals surface area contributed by atoms with E-state index in [1.54, 1.807) is 12.1 Å². The van der Waals surface area contributed by atoms with Crippen LogP contribution in [-0.4, -0.2) is 49.1 Å². The molecule has 4 heteroatoms. The van der Waals surface area contributed by atoms with Crippen molar-refractivity contribution in [3.63, 3.8) is 0 Å². The van der Waals surface area contributed by atoms with Gasteiger partial charge < -0.3 is 15.5 Å². The molecule has 2 rings (SSSR count).